The Morgan fingerprint density at radius 2 is 2.14 bits per heavy atom. The highest BCUT2D eigenvalue weighted by Crippen LogP contribution is 2.28. The van der Waals surface area contributed by atoms with Gasteiger partial charge >= 0.3 is 0 Å². The second-order valence-electron chi connectivity index (χ2n) is 5.69. The smallest absolute Gasteiger partial charge is 0.254 e. The summed E-state index contributed by atoms with van der Waals surface area (Å²) in [6, 6.07) is 5.53. The first kappa shape index (κ1) is 15.6. The number of amides is 1. The first-order valence-corrected chi connectivity index (χ1v) is 7.15. The summed E-state index contributed by atoms with van der Waals surface area (Å²) in [5.74, 6) is 5.75. The van der Waals surface area contributed by atoms with Gasteiger partial charge in [-0.15, -0.1) is 0 Å². The van der Waals surface area contributed by atoms with E-state index >= 15 is 0 Å². The van der Waals surface area contributed by atoms with Gasteiger partial charge in [0.2, 0.25) is 0 Å². The van der Waals surface area contributed by atoms with Gasteiger partial charge in [0.15, 0.2) is 0 Å². The largest absolute Gasteiger partial charge is 0.393 e. The van der Waals surface area contributed by atoms with E-state index in [9.17, 15) is 9.90 Å². The Morgan fingerprint density at radius 1 is 1.43 bits per heavy atom. The van der Waals surface area contributed by atoms with E-state index in [1.807, 2.05) is 19.1 Å². The van der Waals surface area contributed by atoms with E-state index in [0.29, 0.717) is 23.6 Å². The predicted molar refractivity (Wildman–Crippen MR) is 80.8 cm³/mol. The Hall–Kier alpha value is -1.83. The third kappa shape index (κ3) is 3.84. The van der Waals surface area contributed by atoms with Gasteiger partial charge in [-0.3, -0.25) is 4.79 Å². The highest BCUT2D eigenvalue weighted by atomic mass is 16.3. The molecule has 0 aromatic heterocycles. The standard InChI is InChI=1S/C17H21NO3/c1-12-5-6-16(14(8-12)4-3-7-19)17(21)18(2)11-13-9-15(20)10-13/h5-6,8,13,15,19-20H,7,9-11H2,1-2H3. The number of rotatable bonds is 3. The van der Waals surface area contributed by atoms with Gasteiger partial charge in [-0.2, -0.15) is 0 Å². The molecule has 2 N–H and O–H groups in total. The number of carbonyl (C=O) groups is 1. The summed E-state index contributed by atoms with van der Waals surface area (Å²) in [5.41, 5.74) is 2.23. The molecular weight excluding hydrogens is 266 g/mol. The highest BCUT2D eigenvalue weighted by molar-refractivity contribution is 5.96. The summed E-state index contributed by atoms with van der Waals surface area (Å²) in [4.78, 5) is 14.2. The summed E-state index contributed by atoms with van der Waals surface area (Å²) >= 11 is 0. The Morgan fingerprint density at radius 3 is 2.76 bits per heavy atom. The van der Waals surface area contributed by atoms with Crippen LogP contribution in [-0.2, 0) is 0 Å². The highest BCUT2D eigenvalue weighted by Gasteiger charge is 2.29. The zero-order chi connectivity index (χ0) is 15.4. The summed E-state index contributed by atoms with van der Waals surface area (Å²) in [5, 5.41) is 18.1. The van der Waals surface area contributed by atoms with Crippen LogP contribution in [0.5, 0.6) is 0 Å². The summed E-state index contributed by atoms with van der Waals surface area (Å²) in [7, 11) is 1.77. The molecule has 112 valence electrons. The molecule has 4 nitrogen and oxygen atoms in total. The number of aryl methyl sites for hydroxylation is 1. The maximum atomic E-state index is 12.5. The summed E-state index contributed by atoms with van der Waals surface area (Å²) < 4.78 is 0. The maximum absolute atomic E-state index is 12.5. The summed E-state index contributed by atoms with van der Waals surface area (Å²) in [6.45, 7) is 2.37. The van der Waals surface area contributed by atoms with Crippen molar-refractivity contribution in [3.8, 4) is 11.8 Å². The van der Waals surface area contributed by atoms with E-state index in [2.05, 4.69) is 11.8 Å². The van der Waals surface area contributed by atoms with Crippen LogP contribution in [0.2, 0.25) is 0 Å². The molecule has 1 amide bonds. The van der Waals surface area contributed by atoms with Crippen LogP contribution in [0.3, 0.4) is 0 Å². The number of benzene rings is 1. The minimum absolute atomic E-state index is 0.0707. The first-order chi connectivity index (χ1) is 10.0. The Balaban J connectivity index is 2.14. The number of hydrogen-bond donors (Lipinski definition) is 2. The minimum Gasteiger partial charge on any atom is -0.393 e. The van der Waals surface area contributed by atoms with Crippen molar-refractivity contribution in [2.45, 2.75) is 25.9 Å². The van der Waals surface area contributed by atoms with E-state index in [-0.39, 0.29) is 18.6 Å². The fraction of sp³-hybridized carbons (Fsp3) is 0.471. The van der Waals surface area contributed by atoms with Crippen molar-refractivity contribution < 1.29 is 15.0 Å². The van der Waals surface area contributed by atoms with Crippen LogP contribution >= 0.6 is 0 Å². The lowest BCUT2D eigenvalue weighted by atomic mass is 9.82. The fourth-order valence-corrected chi connectivity index (χ4v) is 2.61. The van der Waals surface area contributed by atoms with Gasteiger partial charge < -0.3 is 15.1 Å². The van der Waals surface area contributed by atoms with Gasteiger partial charge in [-0.25, -0.2) is 0 Å². The SMILES string of the molecule is Cc1ccc(C(=O)N(C)CC2CC(O)C2)c(C#CCO)c1. The molecule has 0 aliphatic heterocycles. The predicted octanol–water partition coefficient (Wildman–Crippen LogP) is 1.18. The Kier molecular flexibility index (Phi) is 5.00. The van der Waals surface area contributed by atoms with Crippen molar-refractivity contribution in [3.05, 3.63) is 34.9 Å². The van der Waals surface area contributed by atoms with Crippen molar-refractivity contribution in [2.75, 3.05) is 20.2 Å². The second-order valence-corrected chi connectivity index (χ2v) is 5.69. The van der Waals surface area contributed by atoms with Crippen molar-refractivity contribution in [1.82, 2.24) is 4.90 Å². The van der Waals surface area contributed by atoms with Crippen LogP contribution in [0.4, 0.5) is 0 Å². The van der Waals surface area contributed by atoms with E-state index < -0.39 is 0 Å². The van der Waals surface area contributed by atoms with E-state index in [4.69, 9.17) is 5.11 Å². The number of nitrogens with zero attached hydrogens (tertiary/aromatic N) is 1. The fourth-order valence-electron chi connectivity index (χ4n) is 2.61. The molecule has 1 aliphatic rings. The molecule has 0 atom stereocenters. The molecule has 1 aliphatic carbocycles. The Bertz CT molecular complexity index is 579. The van der Waals surface area contributed by atoms with Crippen LogP contribution < -0.4 is 0 Å². The average Bonchev–Trinajstić information content (AvgIpc) is 2.42. The molecule has 0 radical (unpaired) electrons. The second kappa shape index (κ2) is 6.75. The molecule has 1 saturated carbocycles. The zero-order valence-electron chi connectivity index (χ0n) is 12.5. The van der Waals surface area contributed by atoms with Crippen LogP contribution in [0, 0.1) is 24.7 Å². The number of aliphatic hydroxyl groups is 2. The van der Waals surface area contributed by atoms with Gasteiger partial charge in [0, 0.05) is 19.2 Å². The molecule has 21 heavy (non-hydrogen) atoms. The van der Waals surface area contributed by atoms with Crippen LogP contribution in [0.15, 0.2) is 18.2 Å². The number of hydrogen-bond acceptors (Lipinski definition) is 3. The van der Waals surface area contributed by atoms with Gasteiger partial charge in [-0.1, -0.05) is 17.9 Å². The molecule has 0 heterocycles. The van der Waals surface area contributed by atoms with Crippen molar-refractivity contribution in [1.29, 1.82) is 0 Å². The van der Waals surface area contributed by atoms with Crippen molar-refractivity contribution in [2.24, 2.45) is 5.92 Å². The molecule has 0 unspecified atom stereocenters. The third-order valence-electron chi connectivity index (χ3n) is 3.80. The molecule has 0 saturated heterocycles. The number of aliphatic hydroxyl groups excluding tert-OH is 2. The maximum Gasteiger partial charge on any atom is 0.254 e. The molecular formula is C17H21NO3. The van der Waals surface area contributed by atoms with Gasteiger partial charge in [0.25, 0.3) is 5.91 Å². The van der Waals surface area contributed by atoms with Gasteiger partial charge in [0.1, 0.15) is 6.61 Å². The molecule has 1 fully saturated rings. The zero-order valence-corrected chi connectivity index (χ0v) is 12.5. The topological polar surface area (TPSA) is 60.8 Å². The third-order valence-corrected chi connectivity index (χ3v) is 3.80. The molecule has 1 aromatic carbocycles. The van der Waals surface area contributed by atoms with Crippen molar-refractivity contribution in [3.63, 3.8) is 0 Å². The van der Waals surface area contributed by atoms with Crippen LogP contribution in [0.25, 0.3) is 0 Å². The monoisotopic (exact) mass is 287 g/mol. The van der Waals surface area contributed by atoms with Gasteiger partial charge in [0.05, 0.1) is 11.7 Å². The molecule has 4 heteroatoms. The quantitative estimate of drug-likeness (QED) is 0.821. The van der Waals surface area contributed by atoms with E-state index in [1.165, 1.54) is 0 Å². The molecule has 1 aromatic rings. The normalized spacial score (nSPS) is 20.2. The van der Waals surface area contributed by atoms with Crippen LogP contribution in [-0.4, -0.2) is 47.3 Å². The lowest BCUT2D eigenvalue weighted by Gasteiger charge is -2.34. The average molecular weight is 287 g/mol. The number of carbonyl (C=O) groups excluding carboxylic acids is 1. The van der Waals surface area contributed by atoms with Crippen LogP contribution in [0.1, 0.15) is 34.3 Å². The Labute approximate surface area is 125 Å². The molecule has 0 bridgehead atoms. The van der Waals surface area contributed by atoms with Crippen molar-refractivity contribution >= 4 is 5.91 Å². The minimum atomic E-state index is -0.225. The molecule has 2 rings (SSSR count). The first-order valence-electron chi connectivity index (χ1n) is 7.15. The lowest BCUT2D eigenvalue weighted by molar-refractivity contribution is 0.0265. The summed E-state index contributed by atoms with van der Waals surface area (Å²) in [6.07, 6.45) is 1.33. The van der Waals surface area contributed by atoms with Gasteiger partial charge in [-0.05, 0) is 43.4 Å². The lowest BCUT2D eigenvalue weighted by Crippen LogP contribution is -2.39. The van der Waals surface area contributed by atoms with E-state index in [0.717, 1.165) is 18.4 Å². The van der Waals surface area contributed by atoms with E-state index in [1.54, 1.807) is 18.0 Å². The molecule has 0 spiro atoms.